The maximum atomic E-state index is 14.2. The highest BCUT2D eigenvalue weighted by Crippen LogP contribution is 2.66. The second-order valence-corrected chi connectivity index (χ2v) is 13.3. The van der Waals surface area contributed by atoms with Gasteiger partial charge in [-0.15, -0.1) is 23.2 Å². The number of alkyl halides is 2. The van der Waals surface area contributed by atoms with Gasteiger partial charge < -0.3 is 5.11 Å². The average Bonchev–Trinajstić information content (AvgIpc) is 3.24. The Hall–Kier alpha value is -3.23. The van der Waals surface area contributed by atoms with E-state index < -0.39 is 56.6 Å². The average molecular weight is 585 g/mol. The summed E-state index contributed by atoms with van der Waals surface area (Å²) in [5.41, 5.74) is 0.566. The molecule has 2 heterocycles. The molecule has 40 heavy (non-hydrogen) atoms. The lowest BCUT2D eigenvalue weighted by Gasteiger charge is -2.50. The first-order valence-corrected chi connectivity index (χ1v) is 13.9. The molecule has 2 aliphatic heterocycles. The van der Waals surface area contributed by atoms with Crippen LogP contribution in [0.2, 0.25) is 0 Å². The zero-order chi connectivity index (χ0) is 28.9. The van der Waals surface area contributed by atoms with E-state index in [-0.39, 0.29) is 36.1 Å². The van der Waals surface area contributed by atoms with Crippen LogP contribution in [0.5, 0.6) is 5.75 Å². The number of nitrogens with zero attached hydrogens (tertiary/aromatic N) is 2. The minimum atomic E-state index is -2.00. The molecule has 4 amide bonds. The Bertz CT molecular complexity index is 1500. The Morgan fingerprint density at radius 2 is 1.52 bits per heavy atom. The van der Waals surface area contributed by atoms with Crippen molar-refractivity contribution in [2.24, 2.45) is 17.8 Å². The lowest BCUT2D eigenvalue weighted by molar-refractivity contribution is -0.145. The highest BCUT2D eigenvalue weighted by atomic mass is 35.5. The lowest BCUT2D eigenvalue weighted by atomic mass is 9.56. The summed E-state index contributed by atoms with van der Waals surface area (Å²) in [6.45, 7) is 5.38. The van der Waals surface area contributed by atoms with Gasteiger partial charge in [0, 0.05) is 11.5 Å². The van der Waals surface area contributed by atoms with Crippen LogP contribution in [0.25, 0.3) is 0 Å². The molecule has 0 aromatic heterocycles. The van der Waals surface area contributed by atoms with Gasteiger partial charge in [-0.3, -0.25) is 24.1 Å². The van der Waals surface area contributed by atoms with Crippen LogP contribution in [-0.4, -0.2) is 48.9 Å². The minimum absolute atomic E-state index is 0.00583. The Morgan fingerprint density at radius 3 is 2.12 bits per heavy atom. The topological polar surface area (TPSA) is 95.0 Å². The van der Waals surface area contributed by atoms with E-state index in [0.717, 1.165) is 17.0 Å². The van der Waals surface area contributed by atoms with Gasteiger partial charge in [0.15, 0.2) is 9.75 Å². The number of rotatable bonds is 2. The van der Waals surface area contributed by atoms with Gasteiger partial charge in [0.2, 0.25) is 11.8 Å². The number of hydrogen-bond donors (Lipinski definition) is 1. The Balaban J connectivity index is 1.55. The van der Waals surface area contributed by atoms with Crippen molar-refractivity contribution >= 4 is 52.5 Å². The SMILES string of the molecule is CC(C)(C)N1C(=O)C2CC=C3C(CC4(Cl)C(=O)N(c5ccc(F)cc5)C(=O)C4(Cl)C3c3ccc(O)cc3)C2C1=O. The van der Waals surface area contributed by atoms with Gasteiger partial charge in [0.25, 0.3) is 11.8 Å². The molecule has 6 rings (SSSR count). The summed E-state index contributed by atoms with van der Waals surface area (Å²) < 4.78 is 13.7. The monoisotopic (exact) mass is 584 g/mol. The van der Waals surface area contributed by atoms with Crippen LogP contribution >= 0.6 is 23.2 Å². The molecular weight excluding hydrogens is 558 g/mol. The number of anilines is 1. The maximum absolute atomic E-state index is 14.2. The van der Waals surface area contributed by atoms with Crippen LogP contribution in [-0.2, 0) is 19.2 Å². The van der Waals surface area contributed by atoms with Crippen molar-refractivity contribution < 1.29 is 28.7 Å². The molecule has 0 bridgehead atoms. The molecule has 1 N–H and O–H groups in total. The third-order valence-electron chi connectivity index (χ3n) is 8.79. The van der Waals surface area contributed by atoms with Gasteiger partial charge in [-0.1, -0.05) is 23.8 Å². The van der Waals surface area contributed by atoms with Crippen molar-refractivity contribution in [3.8, 4) is 5.75 Å². The zero-order valence-electron chi connectivity index (χ0n) is 22.0. The van der Waals surface area contributed by atoms with Gasteiger partial charge in [-0.05, 0) is 81.5 Å². The van der Waals surface area contributed by atoms with E-state index in [1.807, 2.05) is 6.08 Å². The van der Waals surface area contributed by atoms with Crippen LogP contribution in [0, 0.1) is 23.6 Å². The van der Waals surface area contributed by atoms with Crippen LogP contribution in [0.1, 0.15) is 45.1 Å². The van der Waals surface area contributed by atoms with E-state index in [2.05, 4.69) is 0 Å². The molecule has 2 aliphatic carbocycles. The van der Waals surface area contributed by atoms with Gasteiger partial charge in [0.1, 0.15) is 11.6 Å². The number of aromatic hydroxyl groups is 1. The third-order valence-corrected chi connectivity index (χ3v) is 10.2. The first-order valence-electron chi connectivity index (χ1n) is 13.1. The van der Waals surface area contributed by atoms with Gasteiger partial charge in [0.05, 0.1) is 17.5 Å². The molecule has 208 valence electrons. The maximum Gasteiger partial charge on any atom is 0.258 e. The normalized spacial score (nSPS) is 33.6. The number of fused-ring (bicyclic) bond motifs is 4. The van der Waals surface area contributed by atoms with Crippen LogP contribution in [0.3, 0.4) is 0 Å². The summed E-state index contributed by atoms with van der Waals surface area (Å²) in [6, 6.07) is 11.0. The molecule has 10 heteroatoms. The van der Waals surface area contributed by atoms with Crippen LogP contribution in [0.4, 0.5) is 10.1 Å². The molecule has 1 saturated carbocycles. The fraction of sp³-hybridized carbons (Fsp3) is 0.400. The number of phenolic OH excluding ortho intramolecular Hbond substituents is 1. The Morgan fingerprint density at radius 1 is 0.900 bits per heavy atom. The van der Waals surface area contributed by atoms with E-state index >= 15 is 0 Å². The smallest absolute Gasteiger partial charge is 0.258 e. The number of halogens is 3. The summed E-state index contributed by atoms with van der Waals surface area (Å²) in [5.74, 6) is -5.66. The number of carbonyl (C=O) groups is 4. The summed E-state index contributed by atoms with van der Waals surface area (Å²) in [5, 5.41) is 9.97. The Kier molecular flexibility index (Phi) is 5.82. The van der Waals surface area contributed by atoms with Crippen LogP contribution < -0.4 is 4.90 Å². The first kappa shape index (κ1) is 27.0. The Labute approximate surface area is 240 Å². The van der Waals surface area contributed by atoms with Crippen molar-refractivity contribution in [3.63, 3.8) is 0 Å². The van der Waals surface area contributed by atoms with Crippen molar-refractivity contribution in [2.45, 2.75) is 54.8 Å². The number of carbonyl (C=O) groups excluding carboxylic acids is 4. The van der Waals surface area contributed by atoms with Gasteiger partial charge >= 0.3 is 0 Å². The summed E-state index contributed by atoms with van der Waals surface area (Å²) in [4.78, 5) is 53.8. The number of phenols is 1. The quantitative estimate of drug-likeness (QED) is 0.308. The molecule has 7 nitrogen and oxygen atoms in total. The summed E-state index contributed by atoms with van der Waals surface area (Å²) in [7, 11) is 0. The highest BCUT2D eigenvalue weighted by Gasteiger charge is 2.76. The van der Waals surface area contributed by atoms with E-state index in [9.17, 15) is 28.7 Å². The summed E-state index contributed by atoms with van der Waals surface area (Å²) in [6.07, 6.45) is 1.99. The third kappa shape index (κ3) is 3.41. The second-order valence-electron chi connectivity index (χ2n) is 12.0. The van der Waals surface area contributed by atoms with Crippen molar-refractivity contribution in [1.82, 2.24) is 4.90 Å². The number of hydrogen-bond acceptors (Lipinski definition) is 5. The van der Waals surface area contributed by atoms with Crippen molar-refractivity contribution in [2.75, 3.05) is 4.90 Å². The number of imide groups is 2. The zero-order valence-corrected chi connectivity index (χ0v) is 23.5. The fourth-order valence-corrected chi connectivity index (χ4v) is 8.04. The van der Waals surface area contributed by atoms with E-state index in [1.54, 1.807) is 32.9 Å². The minimum Gasteiger partial charge on any atom is -0.508 e. The standard InChI is InChI=1S/C30H27Cl2FN2O5/c1-28(2,3)35-24(37)20-13-12-19-21(22(20)25(35)38)14-29(31)26(39)34(17-8-6-16(33)7-9-17)27(40)30(29,32)23(19)15-4-10-18(36)11-5-15/h4-12,20-23,36H,13-14H2,1-3H3. The number of benzene rings is 2. The molecule has 3 fully saturated rings. The number of allylic oxidation sites excluding steroid dienone is 2. The molecule has 6 unspecified atom stereocenters. The van der Waals surface area contributed by atoms with E-state index in [0.29, 0.717) is 11.1 Å². The van der Waals surface area contributed by atoms with Crippen molar-refractivity contribution in [3.05, 3.63) is 71.6 Å². The molecule has 0 radical (unpaired) electrons. The van der Waals surface area contributed by atoms with Crippen molar-refractivity contribution in [1.29, 1.82) is 0 Å². The van der Waals surface area contributed by atoms with E-state index in [4.69, 9.17) is 23.2 Å². The highest BCUT2D eigenvalue weighted by molar-refractivity contribution is 6.58. The molecule has 2 aromatic rings. The first-order chi connectivity index (χ1) is 18.7. The predicted molar refractivity (Wildman–Crippen MR) is 146 cm³/mol. The molecule has 6 atom stereocenters. The predicted octanol–water partition coefficient (Wildman–Crippen LogP) is 4.89. The largest absolute Gasteiger partial charge is 0.508 e. The number of amides is 4. The molecule has 4 aliphatic rings. The molecular formula is C30H27Cl2FN2O5. The van der Waals surface area contributed by atoms with E-state index in [1.165, 1.54) is 29.2 Å². The van der Waals surface area contributed by atoms with Gasteiger partial charge in [-0.2, -0.15) is 0 Å². The summed E-state index contributed by atoms with van der Waals surface area (Å²) >= 11 is 14.5. The van der Waals surface area contributed by atoms with Crippen LogP contribution in [0.15, 0.2) is 60.2 Å². The molecule has 2 saturated heterocycles. The lowest BCUT2D eigenvalue weighted by Crippen LogP contribution is -2.60. The molecule has 2 aromatic carbocycles. The molecule has 0 spiro atoms. The van der Waals surface area contributed by atoms with Gasteiger partial charge in [-0.25, -0.2) is 9.29 Å². The second kappa shape index (κ2) is 8.63. The fourth-order valence-electron chi connectivity index (χ4n) is 7.10. The number of likely N-dealkylation sites (tertiary alicyclic amines) is 1.